The van der Waals surface area contributed by atoms with Gasteiger partial charge in [0.2, 0.25) is 0 Å². The lowest BCUT2D eigenvalue weighted by molar-refractivity contribution is 0.0991. The average Bonchev–Trinajstić information content (AvgIpc) is 3.03. The second-order valence-electron chi connectivity index (χ2n) is 11.0. The van der Waals surface area contributed by atoms with Gasteiger partial charge in [-0.3, -0.25) is 0 Å². The Morgan fingerprint density at radius 3 is 1.25 bits per heavy atom. The number of hydrogen-bond acceptors (Lipinski definition) is 6. The lowest BCUT2D eigenvalue weighted by atomic mass is 9.84. The normalized spacial score (nSPS) is 11.3. The Morgan fingerprint density at radius 1 is 0.500 bits per heavy atom. The van der Waals surface area contributed by atoms with Crippen LogP contribution in [0.5, 0.6) is 11.5 Å². The van der Waals surface area contributed by atoms with Crippen LogP contribution in [0.2, 0.25) is 0 Å². The van der Waals surface area contributed by atoms with Gasteiger partial charge in [-0.05, 0) is 59.4 Å². The second-order valence-corrected chi connectivity index (χ2v) is 11.0. The van der Waals surface area contributed by atoms with E-state index in [9.17, 15) is 9.59 Å². The predicted molar refractivity (Wildman–Crippen MR) is 176 cm³/mol. The number of benzene rings is 6. The van der Waals surface area contributed by atoms with Crippen molar-refractivity contribution < 1.29 is 28.5 Å². The van der Waals surface area contributed by atoms with Gasteiger partial charge in [-0.15, -0.1) is 0 Å². The van der Waals surface area contributed by atoms with E-state index in [4.69, 9.17) is 18.9 Å². The summed E-state index contributed by atoms with van der Waals surface area (Å²) in [5.41, 5.74) is 4.13. The number of carbonyl (C=O) groups excluding carboxylic acids is 2. The van der Waals surface area contributed by atoms with Crippen LogP contribution in [0.15, 0.2) is 84.9 Å². The van der Waals surface area contributed by atoms with Crippen molar-refractivity contribution >= 4 is 55.4 Å². The minimum atomic E-state index is -0.727. The van der Waals surface area contributed by atoms with Crippen LogP contribution in [0.25, 0.3) is 54.2 Å². The van der Waals surface area contributed by atoms with E-state index in [1.54, 1.807) is 0 Å². The number of aryl methyl sites for hydroxylation is 2. The van der Waals surface area contributed by atoms with Crippen molar-refractivity contribution in [1.29, 1.82) is 0 Å². The molecule has 0 unspecified atom stereocenters. The van der Waals surface area contributed by atoms with Gasteiger partial charge in [-0.1, -0.05) is 110 Å². The maximum Gasteiger partial charge on any atom is 0.513 e. The van der Waals surface area contributed by atoms with Gasteiger partial charge in [0.05, 0.1) is 13.2 Å². The quantitative estimate of drug-likeness (QED) is 0.105. The first-order valence-electron chi connectivity index (χ1n) is 15.0. The summed E-state index contributed by atoms with van der Waals surface area (Å²) in [6.07, 6.45) is -0.0569. The summed E-state index contributed by atoms with van der Waals surface area (Å²) in [4.78, 5) is 25.5. The molecule has 0 radical (unpaired) electrons. The molecule has 0 amide bonds. The third-order valence-electron chi connectivity index (χ3n) is 7.73. The summed E-state index contributed by atoms with van der Waals surface area (Å²) >= 11 is 0. The smallest absolute Gasteiger partial charge is 0.434 e. The fourth-order valence-corrected chi connectivity index (χ4v) is 5.86. The highest BCUT2D eigenvalue weighted by Gasteiger charge is 2.24. The highest BCUT2D eigenvalue weighted by Crippen LogP contribution is 2.50. The first-order valence-corrected chi connectivity index (χ1v) is 15.0. The highest BCUT2D eigenvalue weighted by atomic mass is 16.7. The Bertz CT molecular complexity index is 1910. The first-order chi connectivity index (χ1) is 21.4. The number of fused-ring (bicyclic) bond motifs is 4. The molecule has 0 aliphatic carbocycles. The molecule has 6 rings (SSSR count). The Hall–Kier alpha value is -5.10. The molecule has 0 N–H and O–H groups in total. The fraction of sp³-hybridized carbons (Fsp3) is 0.211. The third kappa shape index (κ3) is 5.28. The zero-order valence-electron chi connectivity index (χ0n) is 25.4. The molecule has 0 aromatic heterocycles. The van der Waals surface area contributed by atoms with Crippen molar-refractivity contribution in [3.8, 4) is 22.6 Å². The summed E-state index contributed by atoms with van der Waals surface area (Å²) in [5.74, 6) is 0.924. The molecule has 0 aliphatic heterocycles. The molecule has 0 saturated heterocycles. The Labute approximate surface area is 256 Å². The third-order valence-corrected chi connectivity index (χ3v) is 7.73. The number of carbonyl (C=O) groups is 2. The topological polar surface area (TPSA) is 71.1 Å². The van der Waals surface area contributed by atoms with Gasteiger partial charge in [-0.2, -0.15) is 0 Å². The van der Waals surface area contributed by atoms with Crippen molar-refractivity contribution in [3.63, 3.8) is 0 Å². The fourth-order valence-electron chi connectivity index (χ4n) is 5.86. The van der Waals surface area contributed by atoms with Gasteiger partial charge < -0.3 is 18.9 Å². The molecule has 0 spiro atoms. The molecule has 0 heterocycles. The van der Waals surface area contributed by atoms with Crippen LogP contribution in [0.4, 0.5) is 9.59 Å². The van der Waals surface area contributed by atoms with E-state index in [0.717, 1.165) is 65.3 Å². The van der Waals surface area contributed by atoms with Crippen LogP contribution in [0, 0.1) is 13.8 Å². The number of hydrogen-bond donors (Lipinski definition) is 0. The lowest BCUT2D eigenvalue weighted by Gasteiger charge is -2.21. The molecule has 0 aliphatic rings. The van der Waals surface area contributed by atoms with E-state index in [-0.39, 0.29) is 13.2 Å². The Balaban J connectivity index is 1.74. The molecule has 6 aromatic rings. The maximum atomic E-state index is 12.8. The number of rotatable bonds is 7. The molecule has 0 fully saturated rings. The van der Waals surface area contributed by atoms with Gasteiger partial charge in [0.1, 0.15) is 11.5 Å². The summed E-state index contributed by atoms with van der Waals surface area (Å²) < 4.78 is 22.5. The zero-order valence-corrected chi connectivity index (χ0v) is 25.4. The number of ether oxygens (including phenoxy) is 4. The van der Waals surface area contributed by atoms with E-state index >= 15 is 0 Å². The van der Waals surface area contributed by atoms with Crippen LogP contribution in [-0.4, -0.2) is 25.5 Å². The standard InChI is InChI=1S/C38H34O6/c1-5-19-41-37(39)43-35-27-13-9-7-11-25(27)33(31-21-23(3)15-17-29(31)35)34-26-12-8-10-14-28(26)36(44-38(40)42-20-6-2)30-18-16-24(4)22-32(30)34/h7-18,21-22H,5-6,19-20H2,1-4H3. The van der Waals surface area contributed by atoms with Crippen molar-refractivity contribution in [3.05, 3.63) is 96.1 Å². The van der Waals surface area contributed by atoms with E-state index < -0.39 is 12.3 Å². The molecule has 44 heavy (non-hydrogen) atoms. The predicted octanol–water partition coefficient (Wildman–Crippen LogP) is 10.4. The minimum Gasteiger partial charge on any atom is -0.434 e. The van der Waals surface area contributed by atoms with Crippen LogP contribution < -0.4 is 9.47 Å². The van der Waals surface area contributed by atoms with Crippen LogP contribution in [0.1, 0.15) is 37.8 Å². The maximum absolute atomic E-state index is 12.8. The molecule has 6 heteroatoms. The summed E-state index contributed by atoms with van der Waals surface area (Å²) in [5, 5.41) is 6.90. The van der Waals surface area contributed by atoms with Gasteiger partial charge in [0.25, 0.3) is 0 Å². The van der Waals surface area contributed by atoms with Crippen LogP contribution in [-0.2, 0) is 9.47 Å². The monoisotopic (exact) mass is 586 g/mol. The van der Waals surface area contributed by atoms with E-state index in [1.165, 1.54) is 0 Å². The second kappa shape index (κ2) is 12.3. The molecule has 0 bridgehead atoms. The largest absolute Gasteiger partial charge is 0.513 e. The molecule has 6 nitrogen and oxygen atoms in total. The lowest BCUT2D eigenvalue weighted by Crippen LogP contribution is -2.12. The summed E-state index contributed by atoms with van der Waals surface area (Å²) in [7, 11) is 0. The van der Waals surface area contributed by atoms with E-state index in [2.05, 4.69) is 24.3 Å². The highest BCUT2D eigenvalue weighted by molar-refractivity contribution is 6.27. The van der Waals surface area contributed by atoms with Crippen LogP contribution in [0.3, 0.4) is 0 Å². The summed E-state index contributed by atoms with van der Waals surface area (Å²) in [6, 6.07) is 28.2. The van der Waals surface area contributed by atoms with Gasteiger partial charge in [0.15, 0.2) is 0 Å². The summed E-state index contributed by atoms with van der Waals surface area (Å²) in [6.45, 7) is 8.54. The van der Waals surface area contributed by atoms with Gasteiger partial charge >= 0.3 is 12.3 Å². The minimum absolute atomic E-state index is 0.281. The van der Waals surface area contributed by atoms with Crippen molar-refractivity contribution in [2.75, 3.05) is 13.2 Å². The van der Waals surface area contributed by atoms with Gasteiger partial charge in [-0.25, -0.2) is 9.59 Å². The average molecular weight is 587 g/mol. The van der Waals surface area contributed by atoms with Crippen molar-refractivity contribution in [2.24, 2.45) is 0 Å². The molecule has 222 valence electrons. The Kier molecular flexibility index (Phi) is 8.07. The molecule has 6 aromatic carbocycles. The zero-order chi connectivity index (χ0) is 30.8. The first kappa shape index (κ1) is 29.0. The van der Waals surface area contributed by atoms with Crippen molar-refractivity contribution in [1.82, 2.24) is 0 Å². The van der Waals surface area contributed by atoms with E-state index in [1.807, 2.05) is 88.4 Å². The molecule has 0 saturated carbocycles. The van der Waals surface area contributed by atoms with Crippen LogP contribution >= 0.6 is 0 Å². The SMILES string of the molecule is CCCOC(=O)Oc1c2ccccc2c(-c2c3ccccc3c(OC(=O)OCCC)c3ccc(C)cc23)c2cc(C)ccc12. The molecular formula is C38H34O6. The van der Waals surface area contributed by atoms with E-state index in [0.29, 0.717) is 24.3 Å². The Morgan fingerprint density at radius 2 is 0.864 bits per heavy atom. The van der Waals surface area contributed by atoms with Gasteiger partial charge in [0, 0.05) is 21.5 Å². The van der Waals surface area contributed by atoms with Crippen molar-refractivity contribution in [2.45, 2.75) is 40.5 Å². The molecular weight excluding hydrogens is 552 g/mol. The molecule has 0 atom stereocenters.